The van der Waals surface area contributed by atoms with Crippen LogP contribution in [0.1, 0.15) is 29.7 Å². The molecule has 0 aliphatic carbocycles. The van der Waals surface area contributed by atoms with Crippen molar-refractivity contribution in [1.29, 1.82) is 0 Å². The number of nitrogens with one attached hydrogen (secondary N) is 1. The molecule has 2 aromatic carbocycles. The van der Waals surface area contributed by atoms with Gasteiger partial charge in [0, 0.05) is 49.0 Å². The first-order valence-electron chi connectivity index (χ1n) is 11.8. The quantitative estimate of drug-likeness (QED) is 0.428. The number of halogens is 1. The van der Waals surface area contributed by atoms with Gasteiger partial charge in [0.15, 0.2) is 0 Å². The van der Waals surface area contributed by atoms with E-state index in [-0.39, 0.29) is 5.91 Å². The smallest absolute Gasteiger partial charge is 0.221 e. The average Bonchev–Trinajstić information content (AvgIpc) is 2.88. The molecule has 4 aromatic rings. The van der Waals surface area contributed by atoms with Gasteiger partial charge >= 0.3 is 0 Å². The fourth-order valence-corrected chi connectivity index (χ4v) is 4.70. The summed E-state index contributed by atoms with van der Waals surface area (Å²) in [5.74, 6) is -0.610. The zero-order valence-electron chi connectivity index (χ0n) is 20.2. The average molecular weight is 487 g/mol. The SMILES string of the molecule is CC(=O)Nc1cc(C(O)c2c(C)c(-c3ccccn3)nc3cc(F)ccc23)cc(N2CCOCC2)c1. The van der Waals surface area contributed by atoms with Gasteiger partial charge in [0.05, 0.1) is 30.1 Å². The number of aliphatic hydroxyl groups excluding tert-OH is 1. The molecule has 0 spiro atoms. The summed E-state index contributed by atoms with van der Waals surface area (Å²) in [4.78, 5) is 23.1. The van der Waals surface area contributed by atoms with Crippen molar-refractivity contribution < 1.29 is 19.0 Å². The number of nitrogens with zero attached hydrogens (tertiary/aromatic N) is 3. The molecule has 1 unspecified atom stereocenters. The van der Waals surface area contributed by atoms with Crippen LogP contribution in [0.3, 0.4) is 0 Å². The number of benzene rings is 2. The second-order valence-electron chi connectivity index (χ2n) is 8.87. The number of carbonyl (C=O) groups excluding carboxylic acids is 1. The van der Waals surface area contributed by atoms with Crippen molar-refractivity contribution in [2.24, 2.45) is 0 Å². The molecule has 0 radical (unpaired) electrons. The largest absolute Gasteiger partial charge is 0.384 e. The van der Waals surface area contributed by atoms with Crippen molar-refractivity contribution in [1.82, 2.24) is 9.97 Å². The first kappa shape index (κ1) is 23.8. The number of aliphatic hydroxyl groups is 1. The molecule has 0 saturated carbocycles. The lowest BCUT2D eigenvalue weighted by atomic mass is 9.91. The Balaban J connectivity index is 1.69. The molecule has 1 amide bonds. The number of hydrogen-bond acceptors (Lipinski definition) is 6. The number of carbonyl (C=O) groups is 1. The highest BCUT2D eigenvalue weighted by Gasteiger charge is 2.23. The minimum atomic E-state index is -1.06. The number of hydrogen-bond donors (Lipinski definition) is 2. The van der Waals surface area contributed by atoms with Crippen molar-refractivity contribution in [3.8, 4) is 11.4 Å². The summed E-state index contributed by atoms with van der Waals surface area (Å²) in [6.07, 6.45) is 0.616. The third-order valence-electron chi connectivity index (χ3n) is 6.37. The second-order valence-corrected chi connectivity index (χ2v) is 8.87. The Morgan fingerprint density at radius 3 is 2.67 bits per heavy atom. The van der Waals surface area contributed by atoms with Gasteiger partial charge in [-0.3, -0.25) is 9.78 Å². The molecule has 1 aliphatic rings. The number of anilines is 2. The Hall–Kier alpha value is -3.88. The first-order chi connectivity index (χ1) is 17.4. The van der Waals surface area contributed by atoms with Gasteiger partial charge in [-0.1, -0.05) is 6.07 Å². The van der Waals surface area contributed by atoms with E-state index in [0.717, 1.165) is 11.3 Å². The summed E-state index contributed by atoms with van der Waals surface area (Å²) >= 11 is 0. The zero-order valence-corrected chi connectivity index (χ0v) is 20.2. The predicted octanol–water partition coefficient (Wildman–Crippen LogP) is 4.62. The molecule has 5 rings (SSSR count). The van der Waals surface area contributed by atoms with Gasteiger partial charge in [-0.15, -0.1) is 0 Å². The summed E-state index contributed by atoms with van der Waals surface area (Å²) < 4.78 is 19.7. The molecule has 1 fully saturated rings. The Morgan fingerprint density at radius 1 is 1.14 bits per heavy atom. The zero-order chi connectivity index (χ0) is 25.2. The van der Waals surface area contributed by atoms with Crippen LogP contribution >= 0.6 is 0 Å². The van der Waals surface area contributed by atoms with Crippen LogP contribution in [-0.2, 0) is 9.53 Å². The van der Waals surface area contributed by atoms with E-state index in [1.165, 1.54) is 19.1 Å². The highest BCUT2D eigenvalue weighted by molar-refractivity contribution is 5.90. The summed E-state index contributed by atoms with van der Waals surface area (Å²) in [7, 11) is 0. The van der Waals surface area contributed by atoms with Crippen LogP contribution in [0.5, 0.6) is 0 Å². The van der Waals surface area contributed by atoms with Crippen LogP contribution in [0.25, 0.3) is 22.3 Å². The van der Waals surface area contributed by atoms with Crippen molar-refractivity contribution in [3.05, 3.63) is 83.3 Å². The van der Waals surface area contributed by atoms with Crippen molar-refractivity contribution in [2.75, 3.05) is 36.5 Å². The maximum atomic E-state index is 14.2. The van der Waals surface area contributed by atoms with E-state index in [2.05, 4.69) is 15.2 Å². The van der Waals surface area contributed by atoms with Crippen LogP contribution in [0.15, 0.2) is 60.8 Å². The molecular formula is C28H27FN4O3. The molecule has 2 aromatic heterocycles. The predicted molar refractivity (Wildman–Crippen MR) is 138 cm³/mol. The van der Waals surface area contributed by atoms with E-state index in [9.17, 15) is 14.3 Å². The maximum Gasteiger partial charge on any atom is 0.221 e. The minimum Gasteiger partial charge on any atom is -0.384 e. The fraction of sp³-hybridized carbons (Fsp3) is 0.250. The van der Waals surface area contributed by atoms with E-state index >= 15 is 0 Å². The number of pyridine rings is 2. The van der Waals surface area contributed by atoms with Crippen LogP contribution in [-0.4, -0.2) is 47.3 Å². The lowest BCUT2D eigenvalue weighted by Crippen LogP contribution is -2.36. The van der Waals surface area contributed by atoms with Gasteiger partial charge < -0.3 is 20.1 Å². The van der Waals surface area contributed by atoms with E-state index in [0.29, 0.717) is 65.4 Å². The Kier molecular flexibility index (Phi) is 6.63. The molecule has 1 atom stereocenters. The number of morpholine rings is 1. The third kappa shape index (κ3) is 4.78. The van der Waals surface area contributed by atoms with E-state index < -0.39 is 11.9 Å². The van der Waals surface area contributed by atoms with Gasteiger partial charge in [-0.25, -0.2) is 9.37 Å². The Bertz CT molecular complexity index is 1420. The highest BCUT2D eigenvalue weighted by Crippen LogP contribution is 2.37. The number of rotatable bonds is 5. The van der Waals surface area contributed by atoms with Gasteiger partial charge in [-0.05, 0) is 66.1 Å². The molecule has 1 saturated heterocycles. The topological polar surface area (TPSA) is 87.6 Å². The second kappa shape index (κ2) is 10.0. The molecule has 184 valence electrons. The first-order valence-corrected chi connectivity index (χ1v) is 11.8. The molecule has 1 aliphatic heterocycles. The maximum absolute atomic E-state index is 14.2. The lowest BCUT2D eigenvalue weighted by Gasteiger charge is -2.30. The van der Waals surface area contributed by atoms with Crippen LogP contribution in [0.4, 0.5) is 15.8 Å². The normalized spacial score (nSPS) is 14.6. The van der Waals surface area contributed by atoms with Crippen LogP contribution in [0, 0.1) is 12.7 Å². The molecular weight excluding hydrogens is 459 g/mol. The Morgan fingerprint density at radius 2 is 1.94 bits per heavy atom. The standard InChI is InChI=1S/C28H27FN4O3/c1-17-26(23-7-6-20(29)15-25(23)32-27(17)24-5-3-4-8-30-24)28(35)19-13-21(31-18(2)34)16-22(14-19)33-9-11-36-12-10-33/h3-8,13-16,28,35H,9-12H2,1-2H3,(H,31,34). The monoisotopic (exact) mass is 486 g/mol. The molecule has 2 N–H and O–H groups in total. The molecule has 0 bridgehead atoms. The number of amides is 1. The van der Waals surface area contributed by atoms with Gasteiger partial charge in [0.2, 0.25) is 5.91 Å². The molecule has 36 heavy (non-hydrogen) atoms. The number of fused-ring (bicyclic) bond motifs is 1. The summed E-state index contributed by atoms with van der Waals surface area (Å²) in [5, 5.41) is 15.3. The van der Waals surface area contributed by atoms with Crippen molar-refractivity contribution in [3.63, 3.8) is 0 Å². The third-order valence-corrected chi connectivity index (χ3v) is 6.37. The van der Waals surface area contributed by atoms with E-state index in [4.69, 9.17) is 9.72 Å². The minimum absolute atomic E-state index is 0.201. The van der Waals surface area contributed by atoms with Crippen LogP contribution < -0.4 is 10.2 Å². The van der Waals surface area contributed by atoms with E-state index in [1.807, 2.05) is 37.3 Å². The fourth-order valence-electron chi connectivity index (χ4n) is 4.70. The number of aromatic nitrogens is 2. The lowest BCUT2D eigenvalue weighted by molar-refractivity contribution is -0.114. The summed E-state index contributed by atoms with van der Waals surface area (Å²) in [5.41, 5.74) is 5.09. The van der Waals surface area contributed by atoms with Crippen molar-refractivity contribution >= 4 is 28.2 Å². The van der Waals surface area contributed by atoms with Gasteiger partial charge in [0.1, 0.15) is 11.9 Å². The van der Waals surface area contributed by atoms with Crippen LogP contribution in [0.2, 0.25) is 0 Å². The Labute approximate surface area is 208 Å². The molecule has 7 nitrogen and oxygen atoms in total. The number of ether oxygens (including phenoxy) is 1. The van der Waals surface area contributed by atoms with Gasteiger partial charge in [0.25, 0.3) is 0 Å². The molecule has 3 heterocycles. The van der Waals surface area contributed by atoms with Crippen molar-refractivity contribution in [2.45, 2.75) is 20.0 Å². The summed E-state index contributed by atoms with van der Waals surface area (Å²) in [6, 6.07) is 15.5. The van der Waals surface area contributed by atoms with Gasteiger partial charge in [-0.2, -0.15) is 0 Å². The van der Waals surface area contributed by atoms with E-state index in [1.54, 1.807) is 18.3 Å². The molecule has 8 heteroatoms. The summed E-state index contributed by atoms with van der Waals surface area (Å²) in [6.45, 7) is 5.97. The highest BCUT2D eigenvalue weighted by atomic mass is 19.1.